The van der Waals surface area contributed by atoms with Crippen molar-refractivity contribution >= 4 is 64.6 Å². The van der Waals surface area contributed by atoms with Crippen molar-refractivity contribution in [2.24, 2.45) is 0 Å². The van der Waals surface area contributed by atoms with Gasteiger partial charge in [0, 0.05) is 5.39 Å². The van der Waals surface area contributed by atoms with Gasteiger partial charge in [-0.15, -0.1) is 0 Å². The van der Waals surface area contributed by atoms with Gasteiger partial charge in [0.1, 0.15) is 0 Å². The smallest absolute Gasteiger partial charge is 0.0998 e. The van der Waals surface area contributed by atoms with Crippen LogP contribution in [0.3, 0.4) is 0 Å². The molecule has 0 fully saturated rings. The maximum atomic E-state index is 10.0. The number of nitrogens with zero attached hydrogens (tertiary/aromatic N) is 1. The Hall–Kier alpha value is -5.45. The average molecular weight is 518 g/mol. The van der Waals surface area contributed by atoms with E-state index in [4.69, 9.17) is 0 Å². The lowest BCUT2D eigenvalue weighted by Gasteiger charge is -2.15. The standard InChI is InChI=1S/C40H23N/c1-23-18-20-31-35-27(23)14-8-16-29(35)37-33(24-10-4-2-5-11-24)38-30-17-9-15-28-26(22-41)19-21-32(36(28)30)40(38)34(39(31)37)25-12-6-3-7-13-25/h2-21H,1H3. The minimum Gasteiger partial charge on any atom is -0.192 e. The molecule has 9 rings (SSSR count). The van der Waals surface area contributed by atoms with Crippen LogP contribution in [0.15, 0.2) is 121 Å². The first-order valence-corrected chi connectivity index (χ1v) is 14.1. The summed E-state index contributed by atoms with van der Waals surface area (Å²) in [5.41, 5.74) is 7.00. The highest BCUT2D eigenvalue weighted by molar-refractivity contribution is 6.46. The second kappa shape index (κ2) is 8.04. The number of hydrogen-bond acceptors (Lipinski definition) is 1. The molecule has 1 heteroatoms. The third-order valence-corrected chi connectivity index (χ3v) is 9.12. The minimum absolute atomic E-state index is 0.721. The third kappa shape index (κ3) is 2.79. The highest BCUT2D eigenvalue weighted by Crippen LogP contribution is 2.55. The van der Waals surface area contributed by atoms with Gasteiger partial charge < -0.3 is 0 Å². The van der Waals surface area contributed by atoms with Crippen molar-refractivity contribution < 1.29 is 0 Å². The van der Waals surface area contributed by atoms with Crippen LogP contribution in [-0.2, 0) is 0 Å². The molecule has 0 aliphatic carbocycles. The molecule has 0 bridgehead atoms. The molecule has 0 amide bonds. The molecule has 0 aliphatic rings. The van der Waals surface area contributed by atoms with E-state index in [0.29, 0.717) is 0 Å². The fourth-order valence-corrected chi connectivity index (χ4v) is 7.50. The van der Waals surface area contributed by atoms with Crippen molar-refractivity contribution in [3.63, 3.8) is 0 Å². The topological polar surface area (TPSA) is 23.8 Å². The van der Waals surface area contributed by atoms with Gasteiger partial charge in [0.25, 0.3) is 0 Å². The molecule has 0 aliphatic heterocycles. The van der Waals surface area contributed by atoms with Gasteiger partial charge in [0.15, 0.2) is 0 Å². The van der Waals surface area contributed by atoms with Crippen LogP contribution < -0.4 is 0 Å². The van der Waals surface area contributed by atoms with Crippen LogP contribution in [0.4, 0.5) is 0 Å². The maximum absolute atomic E-state index is 10.0. The molecular formula is C40H23N. The number of benzene rings is 7. The molecule has 1 nitrogen and oxygen atoms in total. The number of fused-ring (bicyclic) bond motifs is 6. The van der Waals surface area contributed by atoms with E-state index in [-0.39, 0.29) is 0 Å². The number of hydrogen-bond donors (Lipinski definition) is 0. The SMILES string of the molecule is Cc1ccc2c3c(-c4ccccc4)c4c5ccc(C#N)c6cccc(c4c(-c4ccccc4)c3c3cccc1c32)c65. The lowest BCUT2D eigenvalue weighted by molar-refractivity contribution is 1.51. The van der Waals surface area contributed by atoms with Gasteiger partial charge in [-0.2, -0.15) is 5.26 Å². The molecule has 41 heavy (non-hydrogen) atoms. The molecule has 0 radical (unpaired) electrons. The van der Waals surface area contributed by atoms with Crippen LogP contribution in [0, 0.1) is 18.3 Å². The Bertz CT molecular complexity index is 2420. The minimum atomic E-state index is 0.721. The summed E-state index contributed by atoms with van der Waals surface area (Å²) in [4.78, 5) is 0. The van der Waals surface area contributed by atoms with Gasteiger partial charge in [-0.3, -0.25) is 0 Å². The molecule has 9 aromatic carbocycles. The van der Waals surface area contributed by atoms with Gasteiger partial charge in [-0.1, -0.05) is 115 Å². The molecule has 188 valence electrons. The first-order chi connectivity index (χ1) is 20.3. The van der Waals surface area contributed by atoms with Crippen molar-refractivity contribution in [3.05, 3.63) is 132 Å². The lowest BCUT2D eigenvalue weighted by Crippen LogP contribution is -1.87. The molecule has 0 saturated heterocycles. The molecule has 0 spiro atoms. The fraction of sp³-hybridized carbons (Fsp3) is 0.0250. The summed E-state index contributed by atoms with van der Waals surface area (Å²) in [7, 11) is 0. The monoisotopic (exact) mass is 517 g/mol. The largest absolute Gasteiger partial charge is 0.192 e. The summed E-state index contributed by atoms with van der Waals surface area (Å²) >= 11 is 0. The molecule has 0 saturated carbocycles. The van der Waals surface area contributed by atoms with E-state index in [9.17, 15) is 5.26 Å². The second-order valence-electron chi connectivity index (χ2n) is 11.1. The summed E-state index contributed by atoms with van der Waals surface area (Å²) in [5.74, 6) is 0. The summed E-state index contributed by atoms with van der Waals surface area (Å²) in [5, 5.41) is 25.1. The zero-order chi connectivity index (χ0) is 27.2. The number of aryl methyl sites for hydroxylation is 1. The Balaban J connectivity index is 1.71. The molecule has 0 atom stereocenters. The zero-order valence-electron chi connectivity index (χ0n) is 22.5. The highest BCUT2D eigenvalue weighted by Gasteiger charge is 2.27. The van der Waals surface area contributed by atoms with Crippen molar-refractivity contribution in [2.75, 3.05) is 0 Å². The van der Waals surface area contributed by atoms with Gasteiger partial charge in [-0.25, -0.2) is 0 Å². The third-order valence-electron chi connectivity index (χ3n) is 9.12. The van der Waals surface area contributed by atoms with Gasteiger partial charge in [0.2, 0.25) is 0 Å². The van der Waals surface area contributed by atoms with Crippen molar-refractivity contribution in [2.45, 2.75) is 6.92 Å². The second-order valence-corrected chi connectivity index (χ2v) is 11.1. The predicted octanol–water partition coefficient (Wildman–Crippen LogP) is 11.0. The van der Waals surface area contributed by atoms with Gasteiger partial charge in [0.05, 0.1) is 11.6 Å². The Kier molecular flexibility index (Phi) is 4.39. The van der Waals surface area contributed by atoms with E-state index in [1.807, 2.05) is 6.07 Å². The molecule has 9 aromatic rings. The van der Waals surface area contributed by atoms with Crippen LogP contribution in [0.1, 0.15) is 11.1 Å². The van der Waals surface area contributed by atoms with E-state index in [1.54, 1.807) is 0 Å². The first-order valence-electron chi connectivity index (χ1n) is 14.1. The summed E-state index contributed by atoms with van der Waals surface area (Å²) < 4.78 is 0. The quantitative estimate of drug-likeness (QED) is 0.224. The van der Waals surface area contributed by atoms with E-state index in [2.05, 4.69) is 128 Å². The number of rotatable bonds is 2. The first kappa shape index (κ1) is 22.4. The van der Waals surface area contributed by atoms with Crippen molar-refractivity contribution in [1.82, 2.24) is 0 Å². The maximum Gasteiger partial charge on any atom is 0.0998 e. The van der Waals surface area contributed by atoms with E-state index >= 15 is 0 Å². The summed E-state index contributed by atoms with van der Waals surface area (Å²) in [6, 6.07) is 46.2. The van der Waals surface area contributed by atoms with E-state index in [1.165, 1.54) is 87.1 Å². The lowest BCUT2D eigenvalue weighted by atomic mass is 9.87. The molecule has 0 heterocycles. The normalized spacial score (nSPS) is 12.0. The van der Waals surface area contributed by atoms with Crippen LogP contribution in [0.5, 0.6) is 0 Å². The Labute approximate surface area is 237 Å². The Morgan fingerprint density at radius 3 is 1.37 bits per heavy atom. The number of nitriles is 1. The highest BCUT2D eigenvalue weighted by atomic mass is 14.3. The predicted molar refractivity (Wildman–Crippen MR) is 174 cm³/mol. The average Bonchev–Trinajstić information content (AvgIpc) is 3.54. The van der Waals surface area contributed by atoms with E-state index in [0.717, 1.165) is 10.9 Å². The molecular weight excluding hydrogens is 494 g/mol. The van der Waals surface area contributed by atoms with Gasteiger partial charge in [-0.05, 0) is 100 Å². The molecule has 0 N–H and O–H groups in total. The fourth-order valence-electron chi connectivity index (χ4n) is 7.50. The van der Waals surface area contributed by atoms with Crippen LogP contribution >= 0.6 is 0 Å². The van der Waals surface area contributed by atoms with Crippen LogP contribution in [0.25, 0.3) is 86.9 Å². The zero-order valence-corrected chi connectivity index (χ0v) is 22.5. The Morgan fingerprint density at radius 1 is 0.390 bits per heavy atom. The van der Waals surface area contributed by atoms with Crippen molar-refractivity contribution in [3.8, 4) is 28.3 Å². The van der Waals surface area contributed by atoms with Crippen LogP contribution in [0.2, 0.25) is 0 Å². The summed E-state index contributed by atoms with van der Waals surface area (Å²) in [6.45, 7) is 2.21. The van der Waals surface area contributed by atoms with E-state index < -0.39 is 0 Å². The summed E-state index contributed by atoms with van der Waals surface area (Å²) in [6.07, 6.45) is 0. The molecule has 0 unspecified atom stereocenters. The molecule has 0 aromatic heterocycles. The van der Waals surface area contributed by atoms with Crippen molar-refractivity contribution in [1.29, 1.82) is 5.26 Å². The van der Waals surface area contributed by atoms with Gasteiger partial charge >= 0.3 is 0 Å². The Morgan fingerprint density at radius 2 is 0.829 bits per heavy atom. The van der Waals surface area contributed by atoms with Crippen LogP contribution in [-0.4, -0.2) is 0 Å².